The summed E-state index contributed by atoms with van der Waals surface area (Å²) in [6.45, 7) is 2.10. The Morgan fingerprint density at radius 1 is 1.50 bits per heavy atom. The van der Waals surface area contributed by atoms with Crippen LogP contribution < -0.4 is 0 Å². The monoisotopic (exact) mass is 224 g/mol. The Morgan fingerprint density at radius 3 is 2.93 bits per heavy atom. The number of aldehydes is 1. The predicted octanol–water partition coefficient (Wildman–Crippen LogP) is 3.93. The highest BCUT2D eigenvalue weighted by Crippen LogP contribution is 2.33. The maximum absolute atomic E-state index is 10.8. The van der Waals surface area contributed by atoms with Crippen LogP contribution in [0.5, 0.6) is 0 Å². The normalized spacial score (nSPS) is 10.7. The van der Waals surface area contributed by atoms with Crippen molar-refractivity contribution in [1.82, 2.24) is 0 Å². The third-order valence-electron chi connectivity index (χ3n) is 2.28. The third-order valence-corrected chi connectivity index (χ3v) is 3.62. The molecule has 0 saturated heterocycles. The molecule has 0 radical (unpaired) electrons. The van der Waals surface area contributed by atoms with Gasteiger partial charge in [-0.15, -0.1) is 11.3 Å². The fraction of sp³-hybridized carbons (Fsp3) is 0.182. The molecule has 0 saturated carbocycles. The van der Waals surface area contributed by atoms with E-state index < -0.39 is 0 Å². The predicted molar refractivity (Wildman–Crippen MR) is 61.6 cm³/mol. The highest BCUT2D eigenvalue weighted by atomic mass is 35.5. The standard InChI is InChI=1S/C11H9ClOS/c1-2-7-3-4-8(6-13)9-5-10(12)14-11(7)9/h3-6H,2H2,1H3. The average Bonchev–Trinajstić information content (AvgIpc) is 2.57. The van der Waals surface area contributed by atoms with E-state index in [1.807, 2.05) is 18.2 Å². The van der Waals surface area contributed by atoms with Crippen LogP contribution >= 0.6 is 22.9 Å². The van der Waals surface area contributed by atoms with E-state index in [2.05, 4.69) is 6.92 Å². The number of thiophene rings is 1. The first-order valence-electron chi connectivity index (χ1n) is 4.42. The molecular weight excluding hydrogens is 216 g/mol. The Bertz CT molecular complexity index is 487. The maximum atomic E-state index is 10.8. The molecule has 0 N–H and O–H groups in total. The van der Waals surface area contributed by atoms with Gasteiger partial charge >= 0.3 is 0 Å². The molecule has 2 rings (SSSR count). The Labute approximate surface area is 91.3 Å². The smallest absolute Gasteiger partial charge is 0.150 e. The van der Waals surface area contributed by atoms with Gasteiger partial charge in [0.1, 0.15) is 0 Å². The van der Waals surface area contributed by atoms with Crippen LogP contribution in [0.4, 0.5) is 0 Å². The first-order chi connectivity index (χ1) is 6.76. The molecule has 0 spiro atoms. The van der Waals surface area contributed by atoms with Crippen LogP contribution in [0, 0.1) is 0 Å². The Balaban J connectivity index is 2.83. The molecular formula is C11H9ClOS. The number of fused-ring (bicyclic) bond motifs is 1. The molecule has 1 nitrogen and oxygen atoms in total. The van der Waals surface area contributed by atoms with Crippen molar-refractivity contribution in [2.45, 2.75) is 13.3 Å². The second kappa shape index (κ2) is 3.71. The van der Waals surface area contributed by atoms with Crippen LogP contribution in [0.2, 0.25) is 4.34 Å². The van der Waals surface area contributed by atoms with Gasteiger partial charge in [0, 0.05) is 15.6 Å². The van der Waals surface area contributed by atoms with Gasteiger partial charge in [-0.3, -0.25) is 4.79 Å². The lowest BCUT2D eigenvalue weighted by molar-refractivity contribution is 0.112. The van der Waals surface area contributed by atoms with Gasteiger partial charge < -0.3 is 0 Å². The van der Waals surface area contributed by atoms with Crippen LogP contribution in [-0.2, 0) is 6.42 Å². The van der Waals surface area contributed by atoms with Gasteiger partial charge in [0.2, 0.25) is 0 Å². The lowest BCUT2D eigenvalue weighted by Gasteiger charge is -2.00. The Morgan fingerprint density at radius 2 is 2.29 bits per heavy atom. The van der Waals surface area contributed by atoms with Crippen LogP contribution in [-0.4, -0.2) is 6.29 Å². The quantitative estimate of drug-likeness (QED) is 0.707. The van der Waals surface area contributed by atoms with Gasteiger partial charge in [0.25, 0.3) is 0 Å². The molecule has 72 valence electrons. The van der Waals surface area contributed by atoms with Crippen molar-refractivity contribution in [3.05, 3.63) is 33.7 Å². The molecule has 0 fully saturated rings. The molecule has 3 heteroatoms. The van der Waals surface area contributed by atoms with Crippen molar-refractivity contribution in [3.8, 4) is 0 Å². The largest absolute Gasteiger partial charge is 0.298 e. The molecule has 0 bridgehead atoms. The molecule has 0 aliphatic carbocycles. The molecule has 2 aromatic rings. The van der Waals surface area contributed by atoms with E-state index in [-0.39, 0.29) is 0 Å². The van der Waals surface area contributed by atoms with Crippen molar-refractivity contribution in [1.29, 1.82) is 0 Å². The first-order valence-corrected chi connectivity index (χ1v) is 5.61. The highest BCUT2D eigenvalue weighted by Gasteiger charge is 2.08. The molecule has 0 aliphatic rings. The third kappa shape index (κ3) is 1.45. The van der Waals surface area contributed by atoms with Gasteiger partial charge in [-0.2, -0.15) is 0 Å². The zero-order chi connectivity index (χ0) is 10.1. The summed E-state index contributed by atoms with van der Waals surface area (Å²) in [4.78, 5) is 10.8. The van der Waals surface area contributed by atoms with Crippen LogP contribution in [0.25, 0.3) is 10.1 Å². The number of aryl methyl sites for hydroxylation is 1. The first kappa shape index (κ1) is 9.69. The lowest BCUT2D eigenvalue weighted by Crippen LogP contribution is -1.84. The number of hydrogen-bond acceptors (Lipinski definition) is 2. The molecule has 0 aliphatic heterocycles. The molecule has 0 atom stereocenters. The van der Waals surface area contributed by atoms with E-state index in [1.165, 1.54) is 16.9 Å². The van der Waals surface area contributed by atoms with E-state index in [1.54, 1.807) is 0 Å². The maximum Gasteiger partial charge on any atom is 0.150 e. The van der Waals surface area contributed by atoms with Gasteiger partial charge in [-0.05, 0) is 18.1 Å². The summed E-state index contributed by atoms with van der Waals surface area (Å²) in [6, 6.07) is 5.72. The fourth-order valence-corrected chi connectivity index (χ4v) is 2.89. The van der Waals surface area contributed by atoms with Crippen molar-refractivity contribution in [2.24, 2.45) is 0 Å². The topological polar surface area (TPSA) is 17.1 Å². The van der Waals surface area contributed by atoms with Crippen molar-refractivity contribution >= 4 is 39.3 Å². The molecule has 14 heavy (non-hydrogen) atoms. The van der Waals surface area contributed by atoms with E-state index >= 15 is 0 Å². The number of halogens is 1. The number of carbonyl (C=O) groups is 1. The molecule has 1 aromatic carbocycles. The molecule has 0 amide bonds. The number of rotatable bonds is 2. The van der Waals surface area contributed by atoms with Crippen LogP contribution in [0.3, 0.4) is 0 Å². The number of hydrogen-bond donors (Lipinski definition) is 0. The van der Waals surface area contributed by atoms with E-state index in [0.29, 0.717) is 0 Å². The Hall–Kier alpha value is -0.860. The lowest BCUT2D eigenvalue weighted by atomic mass is 10.1. The van der Waals surface area contributed by atoms with Crippen molar-refractivity contribution in [2.75, 3.05) is 0 Å². The summed E-state index contributed by atoms with van der Waals surface area (Å²) in [5, 5.41) is 0.981. The second-order valence-electron chi connectivity index (χ2n) is 3.08. The highest BCUT2D eigenvalue weighted by molar-refractivity contribution is 7.22. The summed E-state index contributed by atoms with van der Waals surface area (Å²) in [5.74, 6) is 0. The van der Waals surface area contributed by atoms with Crippen molar-refractivity contribution in [3.63, 3.8) is 0 Å². The Kier molecular flexibility index (Phi) is 2.57. The van der Waals surface area contributed by atoms with Crippen LogP contribution in [0.15, 0.2) is 18.2 Å². The summed E-state index contributed by atoms with van der Waals surface area (Å²) >= 11 is 7.48. The molecule has 1 heterocycles. The second-order valence-corrected chi connectivity index (χ2v) is 4.76. The number of benzene rings is 1. The van der Waals surface area contributed by atoms with E-state index in [4.69, 9.17) is 11.6 Å². The molecule has 0 unspecified atom stereocenters. The zero-order valence-corrected chi connectivity index (χ0v) is 9.28. The average molecular weight is 225 g/mol. The summed E-state index contributed by atoms with van der Waals surface area (Å²) in [7, 11) is 0. The minimum atomic E-state index is 0.723. The minimum Gasteiger partial charge on any atom is -0.298 e. The van der Waals surface area contributed by atoms with Gasteiger partial charge in [0.15, 0.2) is 6.29 Å². The van der Waals surface area contributed by atoms with Crippen LogP contribution in [0.1, 0.15) is 22.8 Å². The SMILES string of the molecule is CCc1ccc(C=O)c2cc(Cl)sc12. The summed E-state index contributed by atoms with van der Waals surface area (Å²) in [5.41, 5.74) is 1.97. The summed E-state index contributed by atoms with van der Waals surface area (Å²) < 4.78 is 1.88. The minimum absolute atomic E-state index is 0.723. The van der Waals surface area contributed by atoms with E-state index in [9.17, 15) is 4.79 Å². The molecule has 1 aromatic heterocycles. The summed E-state index contributed by atoms with van der Waals surface area (Å²) in [6.07, 6.45) is 1.84. The zero-order valence-electron chi connectivity index (χ0n) is 7.71. The van der Waals surface area contributed by atoms with Crippen molar-refractivity contribution < 1.29 is 4.79 Å². The number of carbonyl (C=O) groups excluding carboxylic acids is 1. The van der Waals surface area contributed by atoms with E-state index in [0.717, 1.165) is 32.7 Å². The van der Waals surface area contributed by atoms with Gasteiger partial charge in [-0.1, -0.05) is 30.7 Å². The fourth-order valence-electron chi connectivity index (χ4n) is 1.55. The van der Waals surface area contributed by atoms with Gasteiger partial charge in [-0.25, -0.2) is 0 Å². The van der Waals surface area contributed by atoms with Gasteiger partial charge in [0.05, 0.1) is 4.34 Å².